The third-order valence-electron chi connectivity index (χ3n) is 2.38. The molecule has 1 saturated heterocycles. The lowest BCUT2D eigenvalue weighted by Gasteiger charge is -2.09. The highest BCUT2D eigenvalue weighted by Gasteiger charge is 2.23. The zero-order valence-corrected chi connectivity index (χ0v) is 8.50. The molecule has 0 aromatic heterocycles. The Morgan fingerprint density at radius 3 is 2.71 bits per heavy atom. The van der Waals surface area contributed by atoms with Gasteiger partial charge in [0, 0.05) is 12.6 Å². The zero-order valence-electron chi connectivity index (χ0n) is 7.68. The van der Waals surface area contributed by atoms with E-state index in [0.717, 1.165) is 12.0 Å². The molecule has 4 heteroatoms. The van der Waals surface area contributed by atoms with E-state index >= 15 is 0 Å². The van der Waals surface area contributed by atoms with E-state index in [2.05, 4.69) is 5.32 Å². The van der Waals surface area contributed by atoms with Crippen molar-refractivity contribution in [3.63, 3.8) is 0 Å². The fourth-order valence-electron chi connectivity index (χ4n) is 1.71. The van der Waals surface area contributed by atoms with Gasteiger partial charge in [-0.25, -0.2) is 0 Å². The summed E-state index contributed by atoms with van der Waals surface area (Å²) in [6, 6.07) is 7.33. The number of phenolic OH excluding ortho intramolecular Hbond substituents is 1. The number of aromatic hydroxyl groups is 1. The van der Waals surface area contributed by atoms with Crippen molar-refractivity contribution >= 4 is 12.4 Å². The van der Waals surface area contributed by atoms with Crippen molar-refractivity contribution in [1.82, 2.24) is 5.32 Å². The second kappa shape index (κ2) is 4.64. The van der Waals surface area contributed by atoms with Gasteiger partial charge in [0.2, 0.25) is 0 Å². The molecule has 2 rings (SSSR count). The summed E-state index contributed by atoms with van der Waals surface area (Å²) in [4.78, 5) is 0. The van der Waals surface area contributed by atoms with Crippen LogP contribution >= 0.6 is 12.4 Å². The largest absolute Gasteiger partial charge is 0.508 e. The summed E-state index contributed by atoms with van der Waals surface area (Å²) in [7, 11) is 0. The van der Waals surface area contributed by atoms with E-state index in [1.54, 1.807) is 12.1 Å². The monoisotopic (exact) mass is 215 g/mol. The molecule has 1 aromatic rings. The van der Waals surface area contributed by atoms with Gasteiger partial charge >= 0.3 is 0 Å². The second-order valence-corrected chi connectivity index (χ2v) is 3.45. The smallest absolute Gasteiger partial charge is 0.115 e. The van der Waals surface area contributed by atoms with Gasteiger partial charge in [-0.3, -0.25) is 0 Å². The Labute approximate surface area is 89.2 Å². The number of aliphatic hydroxyl groups excluding tert-OH is 1. The number of hydrogen-bond donors (Lipinski definition) is 3. The molecule has 2 atom stereocenters. The molecule has 1 aromatic carbocycles. The number of rotatable bonds is 1. The lowest BCUT2D eigenvalue weighted by atomic mass is 10.0. The molecule has 2 unspecified atom stereocenters. The van der Waals surface area contributed by atoms with Gasteiger partial charge in [0.05, 0.1) is 6.10 Å². The van der Waals surface area contributed by atoms with E-state index in [0.29, 0.717) is 6.54 Å². The van der Waals surface area contributed by atoms with Crippen LogP contribution in [0.1, 0.15) is 18.0 Å². The van der Waals surface area contributed by atoms with E-state index in [1.807, 2.05) is 12.1 Å². The standard InChI is InChI=1S/C10H13NO2.ClH/c12-8-3-1-2-7(4-8)10-5-9(13)6-11-10;/h1-4,9-13H,5-6H2;1H. The van der Waals surface area contributed by atoms with Crippen molar-refractivity contribution < 1.29 is 10.2 Å². The summed E-state index contributed by atoms with van der Waals surface area (Å²) < 4.78 is 0. The number of hydrogen-bond acceptors (Lipinski definition) is 3. The van der Waals surface area contributed by atoms with E-state index in [4.69, 9.17) is 0 Å². The molecule has 0 radical (unpaired) electrons. The summed E-state index contributed by atoms with van der Waals surface area (Å²) >= 11 is 0. The number of β-amino-alcohol motifs (C(OH)–C–C–N with tert-alkyl or cyclic N) is 1. The Morgan fingerprint density at radius 1 is 1.36 bits per heavy atom. The van der Waals surface area contributed by atoms with Crippen molar-refractivity contribution in [2.75, 3.05) is 6.54 Å². The molecule has 0 spiro atoms. The molecule has 1 fully saturated rings. The number of phenols is 1. The Kier molecular flexibility index (Phi) is 3.75. The van der Waals surface area contributed by atoms with Crippen molar-refractivity contribution in [3.05, 3.63) is 29.8 Å². The maximum atomic E-state index is 9.31. The normalized spacial score (nSPS) is 25.8. The molecule has 0 saturated carbocycles. The van der Waals surface area contributed by atoms with Crippen LogP contribution in [0, 0.1) is 0 Å². The van der Waals surface area contributed by atoms with Gasteiger partial charge in [0.15, 0.2) is 0 Å². The first-order valence-electron chi connectivity index (χ1n) is 4.46. The van der Waals surface area contributed by atoms with Crippen molar-refractivity contribution in [3.8, 4) is 5.75 Å². The lowest BCUT2D eigenvalue weighted by molar-refractivity contribution is 0.193. The van der Waals surface area contributed by atoms with E-state index < -0.39 is 0 Å². The topological polar surface area (TPSA) is 52.5 Å². The number of nitrogens with one attached hydrogen (secondary N) is 1. The summed E-state index contributed by atoms with van der Waals surface area (Å²) in [6.07, 6.45) is 0.469. The highest BCUT2D eigenvalue weighted by Crippen LogP contribution is 2.25. The average Bonchev–Trinajstić information content (AvgIpc) is 2.52. The molecule has 1 aliphatic heterocycles. The van der Waals surface area contributed by atoms with Gasteiger partial charge in [-0.2, -0.15) is 0 Å². The Morgan fingerprint density at radius 2 is 2.14 bits per heavy atom. The van der Waals surface area contributed by atoms with Crippen LogP contribution in [0.15, 0.2) is 24.3 Å². The quantitative estimate of drug-likeness (QED) is 0.660. The van der Waals surface area contributed by atoms with Gasteiger partial charge in [-0.05, 0) is 24.1 Å². The van der Waals surface area contributed by atoms with E-state index in [9.17, 15) is 10.2 Å². The molecule has 78 valence electrons. The molecule has 3 N–H and O–H groups in total. The molecule has 0 bridgehead atoms. The Balaban J connectivity index is 0.000000980. The van der Waals surface area contributed by atoms with Crippen LogP contribution in [-0.2, 0) is 0 Å². The third kappa shape index (κ3) is 2.38. The van der Waals surface area contributed by atoms with Crippen LogP contribution in [0.5, 0.6) is 5.75 Å². The van der Waals surface area contributed by atoms with Gasteiger partial charge in [0.1, 0.15) is 5.75 Å². The molecule has 1 aliphatic rings. The highest BCUT2D eigenvalue weighted by molar-refractivity contribution is 5.85. The lowest BCUT2D eigenvalue weighted by Crippen LogP contribution is -2.14. The average molecular weight is 216 g/mol. The molecule has 1 heterocycles. The van der Waals surface area contributed by atoms with Crippen molar-refractivity contribution in [2.24, 2.45) is 0 Å². The maximum absolute atomic E-state index is 9.31. The van der Waals surface area contributed by atoms with Crippen LogP contribution in [0.4, 0.5) is 0 Å². The molecule has 0 amide bonds. The minimum Gasteiger partial charge on any atom is -0.508 e. The molecule has 3 nitrogen and oxygen atoms in total. The van der Waals surface area contributed by atoms with Crippen LogP contribution in [-0.4, -0.2) is 22.9 Å². The first-order chi connectivity index (χ1) is 6.25. The number of aliphatic hydroxyl groups is 1. The molecular weight excluding hydrogens is 202 g/mol. The first-order valence-corrected chi connectivity index (χ1v) is 4.46. The van der Waals surface area contributed by atoms with Crippen LogP contribution in [0.2, 0.25) is 0 Å². The van der Waals surface area contributed by atoms with Gasteiger partial charge in [-0.15, -0.1) is 12.4 Å². The SMILES string of the molecule is Cl.Oc1cccc(C2CC(O)CN2)c1. The predicted molar refractivity (Wildman–Crippen MR) is 56.7 cm³/mol. The fourth-order valence-corrected chi connectivity index (χ4v) is 1.71. The van der Waals surface area contributed by atoms with Crippen molar-refractivity contribution in [1.29, 1.82) is 0 Å². The highest BCUT2D eigenvalue weighted by atomic mass is 35.5. The number of halogens is 1. The van der Waals surface area contributed by atoms with E-state index in [-0.39, 0.29) is 30.3 Å². The van der Waals surface area contributed by atoms with Gasteiger partial charge < -0.3 is 15.5 Å². The summed E-state index contributed by atoms with van der Waals surface area (Å²) in [5.74, 6) is 0.278. The first kappa shape index (κ1) is 11.3. The molecular formula is C10H14ClNO2. The fraction of sp³-hybridized carbons (Fsp3) is 0.400. The second-order valence-electron chi connectivity index (χ2n) is 3.45. The summed E-state index contributed by atoms with van der Waals surface area (Å²) in [5, 5.41) is 21.7. The minimum atomic E-state index is -0.257. The Bertz CT molecular complexity index is 306. The number of benzene rings is 1. The molecule has 0 aliphatic carbocycles. The van der Waals surface area contributed by atoms with Crippen LogP contribution in [0.25, 0.3) is 0 Å². The van der Waals surface area contributed by atoms with Gasteiger partial charge in [0.25, 0.3) is 0 Å². The van der Waals surface area contributed by atoms with Gasteiger partial charge in [-0.1, -0.05) is 12.1 Å². The van der Waals surface area contributed by atoms with Crippen LogP contribution in [0.3, 0.4) is 0 Å². The van der Waals surface area contributed by atoms with Crippen LogP contribution < -0.4 is 5.32 Å². The summed E-state index contributed by atoms with van der Waals surface area (Å²) in [5.41, 5.74) is 1.04. The van der Waals surface area contributed by atoms with E-state index in [1.165, 1.54) is 0 Å². The predicted octanol–water partition coefficient (Wildman–Crippen LogP) is 1.21. The molecule has 14 heavy (non-hydrogen) atoms. The zero-order chi connectivity index (χ0) is 9.26. The maximum Gasteiger partial charge on any atom is 0.115 e. The minimum absolute atomic E-state index is 0. The van der Waals surface area contributed by atoms with Crippen molar-refractivity contribution in [2.45, 2.75) is 18.6 Å². The third-order valence-corrected chi connectivity index (χ3v) is 2.38. The Hall–Kier alpha value is -0.770. The summed E-state index contributed by atoms with van der Waals surface area (Å²) in [6.45, 7) is 0.639.